The molecule has 0 amide bonds. The smallest absolute Gasteiger partial charge is 0.254 e. The van der Waals surface area contributed by atoms with Gasteiger partial charge < -0.3 is 5.11 Å². The van der Waals surface area contributed by atoms with Crippen LogP contribution in [0.1, 0.15) is 18.4 Å². The molecule has 1 fully saturated rings. The van der Waals surface area contributed by atoms with Crippen molar-refractivity contribution in [3.05, 3.63) is 11.2 Å². The van der Waals surface area contributed by atoms with Gasteiger partial charge in [0.25, 0.3) is 10.0 Å². The number of rotatable bonds is 2. The molecule has 1 saturated heterocycles. The highest BCUT2D eigenvalue weighted by Gasteiger charge is 2.33. The topological polar surface area (TPSA) is 70.5 Å². The van der Waals surface area contributed by atoms with Crippen LogP contribution in [-0.4, -0.2) is 42.0 Å². The van der Waals surface area contributed by atoms with Crippen LogP contribution in [0.3, 0.4) is 0 Å². The van der Waals surface area contributed by atoms with Gasteiger partial charge in [0.15, 0.2) is 4.21 Å². The van der Waals surface area contributed by atoms with Gasteiger partial charge in [-0.2, -0.15) is 4.31 Å². The van der Waals surface area contributed by atoms with Gasteiger partial charge in [-0.05, 0) is 19.3 Å². The molecule has 0 bridgehead atoms. The van der Waals surface area contributed by atoms with Crippen molar-refractivity contribution >= 4 is 21.4 Å². The van der Waals surface area contributed by atoms with E-state index >= 15 is 0 Å². The van der Waals surface area contributed by atoms with Crippen LogP contribution >= 0.6 is 11.3 Å². The average Bonchev–Trinajstić information content (AvgIpc) is 2.69. The van der Waals surface area contributed by atoms with Crippen molar-refractivity contribution in [1.82, 2.24) is 9.29 Å². The van der Waals surface area contributed by atoms with Gasteiger partial charge in [0.1, 0.15) is 0 Å². The first-order valence-corrected chi connectivity index (χ1v) is 7.77. The lowest BCUT2D eigenvalue weighted by atomic mass is 9.98. The Hall–Kier alpha value is -0.500. The highest BCUT2D eigenvalue weighted by molar-refractivity contribution is 7.91. The molecule has 1 N–H and O–H groups in total. The van der Waals surface area contributed by atoms with Gasteiger partial charge >= 0.3 is 0 Å². The number of aliphatic hydroxyl groups is 1. The molecule has 5 nitrogen and oxygen atoms in total. The van der Waals surface area contributed by atoms with Gasteiger partial charge in [-0.1, -0.05) is 6.92 Å². The fourth-order valence-corrected chi connectivity index (χ4v) is 4.56. The molecule has 2 unspecified atom stereocenters. The Labute approximate surface area is 105 Å². The number of hydrogen-bond acceptors (Lipinski definition) is 5. The first-order chi connectivity index (χ1) is 7.91. The number of nitrogens with zero attached hydrogens (tertiary/aromatic N) is 2. The van der Waals surface area contributed by atoms with Crippen molar-refractivity contribution in [2.24, 2.45) is 5.92 Å². The van der Waals surface area contributed by atoms with Crippen molar-refractivity contribution in [2.45, 2.75) is 30.6 Å². The molecule has 2 heterocycles. The van der Waals surface area contributed by atoms with Gasteiger partial charge in [-0.3, -0.25) is 0 Å². The number of hydrogen-bond donors (Lipinski definition) is 1. The minimum Gasteiger partial charge on any atom is -0.391 e. The maximum Gasteiger partial charge on any atom is 0.254 e. The molecule has 1 aliphatic heterocycles. The largest absolute Gasteiger partial charge is 0.391 e. The van der Waals surface area contributed by atoms with Crippen LogP contribution in [0.5, 0.6) is 0 Å². The second-order valence-electron chi connectivity index (χ2n) is 4.39. The van der Waals surface area contributed by atoms with E-state index in [2.05, 4.69) is 4.98 Å². The molecule has 1 aliphatic rings. The number of thiazole rings is 1. The van der Waals surface area contributed by atoms with E-state index in [0.717, 1.165) is 5.01 Å². The Balaban J connectivity index is 2.22. The quantitative estimate of drug-likeness (QED) is 0.869. The van der Waals surface area contributed by atoms with Crippen LogP contribution < -0.4 is 0 Å². The molecule has 2 atom stereocenters. The maximum absolute atomic E-state index is 12.2. The van der Waals surface area contributed by atoms with E-state index in [1.807, 2.05) is 6.92 Å². The van der Waals surface area contributed by atoms with Gasteiger partial charge in [0.2, 0.25) is 0 Å². The summed E-state index contributed by atoms with van der Waals surface area (Å²) >= 11 is 1.17. The predicted octanol–water partition coefficient (Wildman–Crippen LogP) is 0.843. The molecule has 2 rings (SSSR count). The monoisotopic (exact) mass is 276 g/mol. The van der Waals surface area contributed by atoms with Crippen LogP contribution in [0.25, 0.3) is 0 Å². The lowest BCUT2D eigenvalue weighted by molar-refractivity contribution is 0.0606. The summed E-state index contributed by atoms with van der Waals surface area (Å²) in [5.74, 6) is 0.157. The SMILES string of the molecule is Cc1ncc(S(=O)(=O)N2CCC(C)C(O)C2)s1. The second kappa shape index (κ2) is 4.64. The van der Waals surface area contributed by atoms with E-state index < -0.39 is 16.1 Å². The molecule has 96 valence electrons. The third-order valence-electron chi connectivity index (χ3n) is 3.08. The van der Waals surface area contributed by atoms with E-state index in [0.29, 0.717) is 13.0 Å². The highest BCUT2D eigenvalue weighted by atomic mass is 32.2. The Morgan fingerprint density at radius 2 is 2.29 bits per heavy atom. The van der Waals surface area contributed by atoms with E-state index in [4.69, 9.17) is 0 Å². The molecular formula is C10H16N2O3S2. The molecule has 0 aromatic carbocycles. The molecule has 0 spiro atoms. The Morgan fingerprint density at radius 3 is 2.82 bits per heavy atom. The summed E-state index contributed by atoms with van der Waals surface area (Å²) in [5.41, 5.74) is 0. The summed E-state index contributed by atoms with van der Waals surface area (Å²) < 4.78 is 26.1. The molecular weight excluding hydrogens is 260 g/mol. The minimum absolute atomic E-state index is 0.157. The zero-order valence-corrected chi connectivity index (χ0v) is 11.5. The van der Waals surface area contributed by atoms with Crippen molar-refractivity contribution in [1.29, 1.82) is 0 Å². The van der Waals surface area contributed by atoms with E-state index in [1.165, 1.54) is 21.8 Å². The van der Waals surface area contributed by atoms with Crippen molar-refractivity contribution < 1.29 is 13.5 Å². The Morgan fingerprint density at radius 1 is 1.59 bits per heavy atom. The van der Waals surface area contributed by atoms with E-state index in [-0.39, 0.29) is 16.7 Å². The molecule has 7 heteroatoms. The number of aliphatic hydroxyl groups excluding tert-OH is 1. The first kappa shape index (κ1) is 12.9. The molecule has 1 aromatic rings. The number of aromatic nitrogens is 1. The normalized spacial score (nSPS) is 27.2. The number of β-amino-alcohol motifs (C(OH)–C–C–N with tert-alkyl or cyclic N) is 1. The zero-order chi connectivity index (χ0) is 12.6. The lowest BCUT2D eigenvalue weighted by Crippen LogP contribution is -2.45. The second-order valence-corrected chi connectivity index (χ2v) is 7.79. The van der Waals surface area contributed by atoms with Crippen LogP contribution in [0.2, 0.25) is 0 Å². The lowest BCUT2D eigenvalue weighted by Gasteiger charge is -2.32. The molecule has 17 heavy (non-hydrogen) atoms. The van der Waals surface area contributed by atoms with Crippen molar-refractivity contribution in [3.63, 3.8) is 0 Å². The predicted molar refractivity (Wildman–Crippen MR) is 65.4 cm³/mol. The molecule has 0 aliphatic carbocycles. The van der Waals surface area contributed by atoms with Gasteiger partial charge in [0.05, 0.1) is 17.3 Å². The van der Waals surface area contributed by atoms with Gasteiger partial charge in [-0.25, -0.2) is 13.4 Å². The molecule has 0 radical (unpaired) electrons. The summed E-state index contributed by atoms with van der Waals surface area (Å²) in [7, 11) is -3.47. The highest BCUT2D eigenvalue weighted by Crippen LogP contribution is 2.26. The standard InChI is InChI=1S/C10H16N2O3S2/c1-7-3-4-12(6-9(7)13)17(14,15)10-5-11-8(2)16-10/h5,7,9,13H,3-4,6H2,1-2H3. The Kier molecular flexibility index (Phi) is 3.53. The zero-order valence-electron chi connectivity index (χ0n) is 9.83. The molecule has 0 saturated carbocycles. The summed E-state index contributed by atoms with van der Waals surface area (Å²) in [6.07, 6.45) is 1.50. The Bertz CT molecular complexity index is 497. The number of sulfonamides is 1. The van der Waals surface area contributed by atoms with E-state index in [9.17, 15) is 13.5 Å². The number of aryl methyl sites for hydroxylation is 1. The third kappa shape index (κ3) is 2.52. The van der Waals surface area contributed by atoms with E-state index in [1.54, 1.807) is 6.92 Å². The third-order valence-corrected chi connectivity index (χ3v) is 6.29. The minimum atomic E-state index is -3.47. The van der Waals surface area contributed by atoms with Crippen LogP contribution in [0.15, 0.2) is 10.4 Å². The fourth-order valence-electron chi connectivity index (χ4n) is 1.83. The summed E-state index contributed by atoms with van der Waals surface area (Å²) in [5, 5.41) is 10.5. The van der Waals surface area contributed by atoms with Gasteiger partial charge in [0, 0.05) is 13.1 Å². The fraction of sp³-hybridized carbons (Fsp3) is 0.700. The van der Waals surface area contributed by atoms with Crippen molar-refractivity contribution in [3.8, 4) is 0 Å². The molecule has 1 aromatic heterocycles. The van der Waals surface area contributed by atoms with Crippen LogP contribution in [0, 0.1) is 12.8 Å². The summed E-state index contributed by atoms with van der Waals surface area (Å²) in [6, 6.07) is 0. The van der Waals surface area contributed by atoms with Gasteiger partial charge in [-0.15, -0.1) is 11.3 Å². The van der Waals surface area contributed by atoms with Crippen molar-refractivity contribution in [2.75, 3.05) is 13.1 Å². The summed E-state index contributed by atoms with van der Waals surface area (Å²) in [6.45, 7) is 4.36. The van der Waals surface area contributed by atoms with Crippen LogP contribution in [-0.2, 0) is 10.0 Å². The maximum atomic E-state index is 12.2. The average molecular weight is 276 g/mol. The van der Waals surface area contributed by atoms with Crippen LogP contribution in [0.4, 0.5) is 0 Å². The number of piperidine rings is 1. The first-order valence-electron chi connectivity index (χ1n) is 5.52. The summed E-state index contributed by atoms with van der Waals surface area (Å²) in [4.78, 5) is 3.96.